The fraction of sp³-hybridized carbons (Fsp3) is 0.625. The predicted octanol–water partition coefficient (Wildman–Crippen LogP) is 1.67. The number of nitrogens with zero attached hydrogens (tertiary/aromatic N) is 2. The normalized spacial score (nSPS) is 15.0. The minimum atomic E-state index is -0.0441. The van der Waals surface area contributed by atoms with Gasteiger partial charge < -0.3 is 15.1 Å². The first-order valence-electron chi connectivity index (χ1n) is 7.98. The molecule has 0 aliphatic carbocycles. The third-order valence-corrected chi connectivity index (χ3v) is 4.97. The van der Waals surface area contributed by atoms with Crippen LogP contribution >= 0.6 is 11.3 Å². The largest absolute Gasteiger partial charge is 0.356 e. The van der Waals surface area contributed by atoms with Gasteiger partial charge in [0.15, 0.2) is 0 Å². The number of hydrogen-bond acceptors (Lipinski definition) is 4. The molecule has 1 N–H and O–H groups in total. The number of nitrogens with one attached hydrogen (secondary N) is 1. The first-order valence-corrected chi connectivity index (χ1v) is 8.86. The zero-order valence-electron chi connectivity index (χ0n) is 13.4. The molecule has 2 heterocycles. The van der Waals surface area contributed by atoms with Crippen molar-refractivity contribution >= 4 is 23.2 Å². The lowest BCUT2D eigenvalue weighted by Gasteiger charge is -2.38. The molecule has 1 aromatic rings. The highest BCUT2D eigenvalue weighted by Gasteiger charge is 2.36. The molecule has 22 heavy (non-hydrogen) atoms. The summed E-state index contributed by atoms with van der Waals surface area (Å²) in [5.74, 6) is 0.0766. The third-order valence-electron chi connectivity index (χ3n) is 4.12. The van der Waals surface area contributed by atoms with Crippen molar-refractivity contribution in [2.45, 2.75) is 20.3 Å². The van der Waals surface area contributed by atoms with E-state index in [1.165, 1.54) is 11.3 Å². The van der Waals surface area contributed by atoms with Crippen molar-refractivity contribution in [1.82, 2.24) is 15.1 Å². The van der Waals surface area contributed by atoms with Gasteiger partial charge in [-0.1, -0.05) is 19.9 Å². The molecular formula is C16H25N3O2S. The van der Waals surface area contributed by atoms with Gasteiger partial charge in [-0.05, 0) is 37.5 Å². The maximum absolute atomic E-state index is 12.1. The second-order valence-corrected chi connectivity index (χ2v) is 6.50. The molecule has 6 heteroatoms. The summed E-state index contributed by atoms with van der Waals surface area (Å²) < 4.78 is 0. The van der Waals surface area contributed by atoms with Gasteiger partial charge in [0.1, 0.15) is 0 Å². The van der Waals surface area contributed by atoms with Crippen molar-refractivity contribution in [3.63, 3.8) is 0 Å². The highest BCUT2D eigenvalue weighted by atomic mass is 32.1. The standard InChI is InChI=1S/C16H25N3O2S/c1-3-18(4-2)9-6-8-17-15(20)13-11-19(12-13)16(21)14-7-5-10-22-14/h5,7,10,13H,3-4,6,8-9,11-12H2,1-2H3,(H,17,20). The molecular weight excluding hydrogens is 298 g/mol. The molecule has 0 saturated carbocycles. The molecule has 0 radical (unpaired) electrons. The van der Waals surface area contributed by atoms with Crippen molar-refractivity contribution in [2.24, 2.45) is 5.92 Å². The summed E-state index contributed by atoms with van der Waals surface area (Å²) in [4.78, 5) is 28.9. The van der Waals surface area contributed by atoms with Gasteiger partial charge in [-0.3, -0.25) is 9.59 Å². The minimum Gasteiger partial charge on any atom is -0.356 e. The van der Waals surface area contributed by atoms with Crippen molar-refractivity contribution < 1.29 is 9.59 Å². The number of carbonyl (C=O) groups excluding carboxylic acids is 2. The summed E-state index contributed by atoms with van der Waals surface area (Å²) >= 11 is 1.45. The molecule has 0 aromatic carbocycles. The van der Waals surface area contributed by atoms with Gasteiger partial charge in [0.25, 0.3) is 5.91 Å². The predicted molar refractivity (Wildman–Crippen MR) is 89.1 cm³/mol. The topological polar surface area (TPSA) is 52.7 Å². The lowest BCUT2D eigenvalue weighted by atomic mass is 9.99. The molecule has 122 valence electrons. The Morgan fingerprint density at radius 3 is 2.68 bits per heavy atom. The van der Waals surface area contributed by atoms with Gasteiger partial charge >= 0.3 is 0 Å². The molecule has 5 nitrogen and oxygen atoms in total. The average Bonchev–Trinajstić information content (AvgIpc) is 3.00. The lowest BCUT2D eigenvalue weighted by Crippen LogP contribution is -2.55. The van der Waals surface area contributed by atoms with E-state index < -0.39 is 0 Å². The van der Waals surface area contributed by atoms with Gasteiger partial charge in [0.05, 0.1) is 10.8 Å². The summed E-state index contributed by atoms with van der Waals surface area (Å²) in [6.07, 6.45) is 0.970. The molecule has 0 spiro atoms. The fourth-order valence-electron chi connectivity index (χ4n) is 2.56. The van der Waals surface area contributed by atoms with Crippen LogP contribution in [0.5, 0.6) is 0 Å². The molecule has 1 saturated heterocycles. The highest BCUT2D eigenvalue weighted by molar-refractivity contribution is 7.12. The number of carbonyl (C=O) groups is 2. The van der Waals surface area contributed by atoms with E-state index in [0.29, 0.717) is 19.6 Å². The summed E-state index contributed by atoms with van der Waals surface area (Å²) in [6.45, 7) is 9.20. The molecule has 0 bridgehead atoms. The van der Waals surface area contributed by atoms with Crippen LogP contribution in [0.3, 0.4) is 0 Å². The number of rotatable bonds is 8. The molecule has 1 aliphatic rings. The first-order chi connectivity index (χ1) is 10.7. The molecule has 1 aromatic heterocycles. The number of likely N-dealkylation sites (tertiary alicyclic amines) is 1. The Hall–Kier alpha value is -1.40. The van der Waals surface area contributed by atoms with Crippen molar-refractivity contribution in [2.75, 3.05) is 39.3 Å². The summed E-state index contributed by atoms with van der Waals surface area (Å²) in [5.41, 5.74) is 0. The second kappa shape index (κ2) is 8.29. The van der Waals surface area contributed by atoms with Crippen LogP contribution in [0.15, 0.2) is 17.5 Å². The van der Waals surface area contributed by atoms with Crippen LogP contribution in [0.1, 0.15) is 29.9 Å². The monoisotopic (exact) mass is 323 g/mol. The molecule has 0 unspecified atom stereocenters. The quantitative estimate of drug-likeness (QED) is 0.741. The molecule has 2 amide bonds. The van der Waals surface area contributed by atoms with Gasteiger partial charge in [0, 0.05) is 19.6 Å². The SMILES string of the molecule is CCN(CC)CCCNC(=O)C1CN(C(=O)c2cccs2)C1. The maximum atomic E-state index is 12.1. The number of hydrogen-bond donors (Lipinski definition) is 1. The van der Waals surface area contributed by atoms with Crippen molar-refractivity contribution in [3.05, 3.63) is 22.4 Å². The molecule has 1 fully saturated rings. The summed E-state index contributed by atoms with van der Waals surface area (Å²) in [7, 11) is 0. The Kier molecular flexibility index (Phi) is 6.39. The zero-order valence-corrected chi connectivity index (χ0v) is 14.2. The zero-order chi connectivity index (χ0) is 15.9. The van der Waals surface area contributed by atoms with Crippen LogP contribution in [0.2, 0.25) is 0 Å². The van der Waals surface area contributed by atoms with Gasteiger partial charge in [-0.25, -0.2) is 0 Å². The minimum absolute atomic E-state index is 0.0422. The van der Waals surface area contributed by atoms with E-state index in [0.717, 1.165) is 30.9 Å². The Bertz CT molecular complexity index is 480. The molecule has 2 rings (SSSR count). The van der Waals surface area contributed by atoms with E-state index in [9.17, 15) is 9.59 Å². The van der Waals surface area contributed by atoms with Crippen molar-refractivity contribution in [3.8, 4) is 0 Å². The van der Waals surface area contributed by atoms with Gasteiger partial charge in [0.2, 0.25) is 5.91 Å². The average molecular weight is 323 g/mol. The van der Waals surface area contributed by atoms with E-state index in [1.807, 2.05) is 17.5 Å². The Morgan fingerprint density at radius 2 is 2.09 bits per heavy atom. The maximum Gasteiger partial charge on any atom is 0.263 e. The van der Waals surface area contributed by atoms with Crippen LogP contribution in [-0.4, -0.2) is 60.9 Å². The first kappa shape index (κ1) is 17.0. The van der Waals surface area contributed by atoms with Crippen LogP contribution in [0.4, 0.5) is 0 Å². The fourth-order valence-corrected chi connectivity index (χ4v) is 3.26. The van der Waals surface area contributed by atoms with Gasteiger partial charge in [-0.2, -0.15) is 0 Å². The second-order valence-electron chi connectivity index (χ2n) is 5.56. The van der Waals surface area contributed by atoms with Crippen LogP contribution < -0.4 is 5.32 Å². The third kappa shape index (κ3) is 4.30. The van der Waals surface area contributed by atoms with Gasteiger partial charge in [-0.15, -0.1) is 11.3 Å². The summed E-state index contributed by atoms with van der Waals surface area (Å²) in [6, 6.07) is 3.70. The molecule has 1 aliphatic heterocycles. The van der Waals surface area contributed by atoms with Crippen LogP contribution in [-0.2, 0) is 4.79 Å². The summed E-state index contributed by atoms with van der Waals surface area (Å²) in [5, 5.41) is 4.88. The van der Waals surface area contributed by atoms with Crippen LogP contribution in [0, 0.1) is 5.92 Å². The Labute approximate surface area is 136 Å². The van der Waals surface area contributed by atoms with Crippen molar-refractivity contribution in [1.29, 1.82) is 0 Å². The van der Waals surface area contributed by atoms with E-state index in [4.69, 9.17) is 0 Å². The number of amides is 2. The van der Waals surface area contributed by atoms with E-state index in [2.05, 4.69) is 24.1 Å². The van der Waals surface area contributed by atoms with E-state index in [-0.39, 0.29) is 17.7 Å². The molecule has 0 atom stereocenters. The Morgan fingerprint density at radius 1 is 1.36 bits per heavy atom. The van der Waals surface area contributed by atoms with Crippen LogP contribution in [0.25, 0.3) is 0 Å². The smallest absolute Gasteiger partial charge is 0.263 e. The van der Waals surface area contributed by atoms with E-state index >= 15 is 0 Å². The Balaban J connectivity index is 1.62. The highest BCUT2D eigenvalue weighted by Crippen LogP contribution is 2.21. The number of thiophene rings is 1. The van der Waals surface area contributed by atoms with E-state index in [1.54, 1.807) is 4.90 Å². The lowest BCUT2D eigenvalue weighted by molar-refractivity contribution is -0.128.